The lowest BCUT2D eigenvalue weighted by Gasteiger charge is -2.28. The van der Waals surface area contributed by atoms with Gasteiger partial charge in [-0.15, -0.1) is 0 Å². The van der Waals surface area contributed by atoms with Crippen LogP contribution < -0.4 is 19.7 Å². The van der Waals surface area contributed by atoms with E-state index < -0.39 is 31.4 Å². The summed E-state index contributed by atoms with van der Waals surface area (Å²) in [5.41, 5.74) is 4.04. The fourth-order valence-corrected chi connectivity index (χ4v) is 8.73. The van der Waals surface area contributed by atoms with Crippen molar-refractivity contribution in [1.82, 2.24) is 14.7 Å². The second-order valence-corrected chi connectivity index (χ2v) is 16.2. The molecule has 4 aromatic carbocycles. The predicted molar refractivity (Wildman–Crippen MR) is 219 cm³/mol. The normalized spacial score (nSPS) is 16.1. The first-order valence-corrected chi connectivity index (χ1v) is 20.5. The molecule has 57 heavy (non-hydrogen) atoms. The topological polar surface area (TPSA) is 169 Å². The molecule has 3 N–H and O–H groups in total. The van der Waals surface area contributed by atoms with Crippen LogP contribution in [0.4, 0.5) is 17.1 Å². The van der Waals surface area contributed by atoms with Crippen LogP contribution in [0.3, 0.4) is 0 Å². The van der Waals surface area contributed by atoms with Crippen molar-refractivity contribution in [2.45, 2.75) is 36.6 Å². The molecule has 2 aliphatic heterocycles. The van der Waals surface area contributed by atoms with Crippen molar-refractivity contribution >= 4 is 55.6 Å². The number of nitrogens with one attached hydrogen (secondary N) is 3. The monoisotopic (exact) mass is 806 g/mol. The minimum Gasteiger partial charge on any atom is -0.455 e. The number of H-pyrrole nitrogens is 1. The highest BCUT2D eigenvalue weighted by Gasteiger charge is 2.29. The van der Waals surface area contributed by atoms with Crippen LogP contribution in [0.25, 0.3) is 22.2 Å². The Balaban J connectivity index is 1.06. The molecule has 2 saturated heterocycles. The second-order valence-electron chi connectivity index (χ2n) is 14.1. The highest BCUT2D eigenvalue weighted by atomic mass is 35.5. The number of carbonyl (C=O) groups excluding carboxylic acids is 1. The predicted octanol–water partition coefficient (Wildman–Crippen LogP) is 8.88. The highest BCUT2D eigenvalue weighted by Crippen LogP contribution is 2.40. The zero-order valence-electron chi connectivity index (χ0n) is 30.7. The lowest BCUT2D eigenvalue weighted by Crippen LogP contribution is -2.31. The third-order valence-corrected chi connectivity index (χ3v) is 12.2. The molecule has 0 unspecified atom stereocenters. The van der Waals surface area contributed by atoms with Gasteiger partial charge in [0.05, 0.1) is 27.6 Å². The Morgan fingerprint density at radius 3 is 2.56 bits per heavy atom. The summed E-state index contributed by atoms with van der Waals surface area (Å²) in [4.78, 5) is 34.5. The number of hydrogen-bond donors (Lipinski definition) is 3. The number of nitrogens with zero attached hydrogens (tertiary/aromatic N) is 3. The van der Waals surface area contributed by atoms with Crippen LogP contribution in [-0.4, -0.2) is 55.5 Å². The van der Waals surface area contributed by atoms with Crippen molar-refractivity contribution < 1.29 is 27.6 Å². The van der Waals surface area contributed by atoms with E-state index in [2.05, 4.69) is 31.0 Å². The standard InChI is InChI=1S/C42H39ClN6O7S/c43-36-5-2-1-4-34(36)38-6-3-19-48(38)31-10-7-28(8-11-31)29-9-13-35(40(23-29)56-32-22-30-15-18-44-41(30)46-26-32)42(50)47-57(53,54)33-12-14-37(39(24-33)49(51)52)45-25-27-16-20-55-21-17-27/h1-2,4-5,7-15,18,22-24,26-27,38,45H,3,6,16-17,19-21,25H2,(H,44,46)(H,47,50)/t38-/m1/s1. The molecule has 0 spiro atoms. The Kier molecular flexibility index (Phi) is 10.8. The maximum Gasteiger partial charge on any atom is 0.293 e. The van der Waals surface area contributed by atoms with E-state index in [4.69, 9.17) is 21.1 Å². The molecule has 2 fully saturated rings. The second kappa shape index (κ2) is 16.3. The Morgan fingerprint density at radius 1 is 0.982 bits per heavy atom. The Morgan fingerprint density at radius 2 is 1.77 bits per heavy atom. The molecule has 2 aliphatic rings. The van der Waals surface area contributed by atoms with Crippen LogP contribution in [0.1, 0.15) is 47.6 Å². The van der Waals surface area contributed by atoms with Gasteiger partial charge in [0.1, 0.15) is 22.8 Å². The van der Waals surface area contributed by atoms with Gasteiger partial charge in [0.2, 0.25) is 0 Å². The summed E-state index contributed by atoms with van der Waals surface area (Å²) in [7, 11) is -4.56. The molecule has 13 nitrogen and oxygen atoms in total. The van der Waals surface area contributed by atoms with E-state index in [-0.39, 0.29) is 29.0 Å². The lowest BCUT2D eigenvalue weighted by molar-refractivity contribution is -0.384. The van der Waals surface area contributed by atoms with Crippen LogP contribution in [0.15, 0.2) is 114 Å². The SMILES string of the molecule is O=C(NS(=O)(=O)c1ccc(NCC2CCOCC2)c([N+](=O)[O-])c1)c1ccc(-c2ccc(N3CCC[C@@H]3c3ccccc3Cl)cc2)cc1Oc1cnc2[nH]ccc2c1. The van der Waals surface area contributed by atoms with Crippen molar-refractivity contribution in [3.05, 3.63) is 136 Å². The van der Waals surface area contributed by atoms with Gasteiger partial charge >= 0.3 is 0 Å². The van der Waals surface area contributed by atoms with Crippen LogP contribution in [-0.2, 0) is 14.8 Å². The summed E-state index contributed by atoms with van der Waals surface area (Å²) in [5.74, 6) is -0.304. The van der Waals surface area contributed by atoms with Gasteiger partial charge in [-0.3, -0.25) is 14.9 Å². The number of ether oxygens (including phenoxy) is 2. The largest absolute Gasteiger partial charge is 0.455 e. The smallest absolute Gasteiger partial charge is 0.293 e. The van der Waals surface area contributed by atoms with Crippen LogP contribution in [0, 0.1) is 16.0 Å². The summed E-state index contributed by atoms with van der Waals surface area (Å²) in [6, 6.07) is 28.1. The molecule has 0 bridgehead atoms. The number of nitro benzene ring substituents is 1. The fraction of sp³-hybridized carbons (Fsp3) is 0.238. The van der Waals surface area contributed by atoms with Crippen LogP contribution in [0.2, 0.25) is 5.02 Å². The summed E-state index contributed by atoms with van der Waals surface area (Å²) in [6.45, 7) is 2.62. The Bertz CT molecular complexity index is 2560. The zero-order chi connectivity index (χ0) is 39.5. The van der Waals surface area contributed by atoms with Gasteiger partial charge < -0.3 is 24.7 Å². The van der Waals surface area contributed by atoms with Gasteiger partial charge in [-0.05, 0) is 103 Å². The first-order chi connectivity index (χ1) is 27.6. The van der Waals surface area contributed by atoms with Crippen molar-refractivity contribution in [3.8, 4) is 22.6 Å². The Hall–Kier alpha value is -5.96. The van der Waals surface area contributed by atoms with Gasteiger partial charge in [-0.2, -0.15) is 0 Å². The number of nitro groups is 1. The maximum absolute atomic E-state index is 13.8. The van der Waals surface area contributed by atoms with Crippen molar-refractivity contribution in [2.75, 3.05) is 36.5 Å². The fourth-order valence-electron chi connectivity index (χ4n) is 7.49. The molecule has 0 saturated carbocycles. The van der Waals surface area contributed by atoms with E-state index in [0.717, 1.165) is 71.1 Å². The molecule has 6 aromatic rings. The van der Waals surface area contributed by atoms with Gasteiger partial charge in [-0.1, -0.05) is 48.0 Å². The number of sulfonamides is 1. The van der Waals surface area contributed by atoms with E-state index in [1.807, 2.05) is 48.5 Å². The van der Waals surface area contributed by atoms with E-state index >= 15 is 0 Å². The lowest BCUT2D eigenvalue weighted by atomic mass is 10.0. The van der Waals surface area contributed by atoms with E-state index in [9.17, 15) is 23.3 Å². The van der Waals surface area contributed by atoms with Crippen LogP contribution in [0.5, 0.6) is 11.5 Å². The molecule has 8 rings (SSSR count). The number of amides is 1. The molecule has 1 atom stereocenters. The number of rotatable bonds is 12. The zero-order valence-corrected chi connectivity index (χ0v) is 32.3. The first kappa shape index (κ1) is 37.9. The molecular weight excluding hydrogens is 768 g/mol. The highest BCUT2D eigenvalue weighted by molar-refractivity contribution is 7.90. The minimum absolute atomic E-state index is 0.0722. The van der Waals surface area contributed by atoms with Gasteiger partial charge in [0.25, 0.3) is 21.6 Å². The molecule has 15 heteroatoms. The third kappa shape index (κ3) is 8.29. The Labute approximate surface area is 334 Å². The summed E-state index contributed by atoms with van der Waals surface area (Å²) < 4.78 is 40.9. The molecule has 292 valence electrons. The number of anilines is 2. The average molecular weight is 807 g/mol. The van der Waals surface area contributed by atoms with Crippen LogP contribution >= 0.6 is 11.6 Å². The first-order valence-electron chi connectivity index (χ1n) is 18.7. The van der Waals surface area contributed by atoms with E-state index in [1.165, 1.54) is 24.4 Å². The molecule has 0 radical (unpaired) electrons. The minimum atomic E-state index is -4.56. The molecule has 0 aliphatic carbocycles. The van der Waals surface area contributed by atoms with E-state index in [1.54, 1.807) is 24.4 Å². The number of carbonyl (C=O) groups is 1. The van der Waals surface area contributed by atoms with Gasteiger partial charge in [0.15, 0.2) is 0 Å². The van der Waals surface area contributed by atoms with Gasteiger partial charge in [-0.25, -0.2) is 18.1 Å². The van der Waals surface area contributed by atoms with Crippen molar-refractivity contribution in [3.63, 3.8) is 0 Å². The summed E-state index contributed by atoms with van der Waals surface area (Å²) in [5, 5.41) is 16.6. The number of pyridine rings is 1. The molecule has 1 amide bonds. The van der Waals surface area contributed by atoms with E-state index in [0.29, 0.717) is 31.2 Å². The summed E-state index contributed by atoms with van der Waals surface area (Å²) >= 11 is 6.58. The van der Waals surface area contributed by atoms with Gasteiger partial charge in [0, 0.05) is 54.7 Å². The summed E-state index contributed by atoms with van der Waals surface area (Å²) in [6.07, 6.45) is 6.91. The van der Waals surface area contributed by atoms with Crippen molar-refractivity contribution in [2.24, 2.45) is 5.92 Å². The number of aromatic nitrogens is 2. The number of halogens is 1. The molecule has 2 aromatic heterocycles. The number of fused-ring (bicyclic) bond motifs is 1. The quantitative estimate of drug-likeness (QED) is 0.0802. The average Bonchev–Trinajstić information content (AvgIpc) is 3.91. The number of hydrogen-bond acceptors (Lipinski definition) is 10. The number of benzene rings is 4. The molecule has 4 heterocycles. The maximum atomic E-state index is 13.8. The molecular formula is C42H39ClN6O7S. The van der Waals surface area contributed by atoms with Crippen molar-refractivity contribution in [1.29, 1.82) is 0 Å². The third-order valence-electron chi connectivity index (χ3n) is 10.5. The number of aromatic amines is 1.